The summed E-state index contributed by atoms with van der Waals surface area (Å²) < 4.78 is 18.7. The molecule has 3 rings (SSSR count). The van der Waals surface area contributed by atoms with Crippen LogP contribution in [0, 0.1) is 0 Å². The molecule has 1 N–H and O–H groups in total. The van der Waals surface area contributed by atoms with Crippen LogP contribution >= 0.6 is 0 Å². The summed E-state index contributed by atoms with van der Waals surface area (Å²) in [6.07, 6.45) is 2.65. The molecule has 1 aliphatic rings. The molecule has 1 unspecified atom stereocenters. The summed E-state index contributed by atoms with van der Waals surface area (Å²) in [5, 5.41) is 15.0. The van der Waals surface area contributed by atoms with Crippen LogP contribution in [-0.2, 0) is 9.53 Å². The normalized spacial score (nSPS) is 15.4. The van der Waals surface area contributed by atoms with E-state index in [9.17, 15) is 4.79 Å². The largest absolute Gasteiger partial charge is 0.490 e. The Morgan fingerprint density at radius 3 is 2.70 bits per heavy atom. The average Bonchev–Trinajstić information content (AvgIpc) is 3.20. The van der Waals surface area contributed by atoms with Crippen molar-refractivity contribution in [1.82, 2.24) is 20.2 Å². The smallest absolute Gasteiger partial charge is 0.338 e. The second-order valence-electron chi connectivity index (χ2n) is 6.99. The first-order chi connectivity index (χ1) is 14.6. The number of benzene rings is 1. The molecule has 0 bridgehead atoms. The Morgan fingerprint density at radius 1 is 1.13 bits per heavy atom. The third kappa shape index (κ3) is 4.55. The fraction of sp³-hybridized carbons (Fsp3) is 0.524. The van der Waals surface area contributed by atoms with Gasteiger partial charge in [-0.3, -0.25) is 0 Å². The number of carbonyl (C=O) groups is 1. The molecule has 0 fully saturated rings. The predicted octanol–water partition coefficient (Wildman–Crippen LogP) is 3.49. The zero-order valence-corrected chi connectivity index (χ0v) is 18.0. The number of aromatic nitrogens is 4. The van der Waals surface area contributed by atoms with Crippen molar-refractivity contribution in [3.8, 4) is 11.5 Å². The van der Waals surface area contributed by atoms with Crippen molar-refractivity contribution < 1.29 is 19.0 Å². The molecule has 0 saturated carbocycles. The first-order valence-electron chi connectivity index (χ1n) is 10.4. The van der Waals surface area contributed by atoms with E-state index in [0.29, 0.717) is 48.5 Å². The Hall–Kier alpha value is -3.10. The third-order valence-electron chi connectivity index (χ3n) is 4.71. The van der Waals surface area contributed by atoms with Crippen molar-refractivity contribution in [2.24, 2.45) is 0 Å². The van der Waals surface area contributed by atoms with E-state index >= 15 is 0 Å². The number of nitrogens with one attached hydrogen (secondary N) is 1. The lowest BCUT2D eigenvalue weighted by Crippen LogP contribution is -2.30. The van der Waals surface area contributed by atoms with Gasteiger partial charge in [-0.25, -0.2) is 4.79 Å². The number of esters is 1. The van der Waals surface area contributed by atoms with Gasteiger partial charge in [0.25, 0.3) is 0 Å². The molecular weight excluding hydrogens is 386 g/mol. The van der Waals surface area contributed by atoms with Crippen LogP contribution in [0.3, 0.4) is 0 Å². The van der Waals surface area contributed by atoms with Gasteiger partial charge in [-0.2, -0.15) is 4.68 Å². The van der Waals surface area contributed by atoms with Crippen molar-refractivity contribution in [3.63, 3.8) is 0 Å². The van der Waals surface area contributed by atoms with Crippen LogP contribution < -0.4 is 14.8 Å². The van der Waals surface area contributed by atoms with Crippen molar-refractivity contribution in [2.45, 2.75) is 53.0 Å². The van der Waals surface area contributed by atoms with Gasteiger partial charge in [-0.05, 0) is 54.8 Å². The summed E-state index contributed by atoms with van der Waals surface area (Å²) in [4.78, 5) is 13.0. The molecule has 2 heterocycles. The van der Waals surface area contributed by atoms with E-state index in [1.807, 2.05) is 45.9 Å². The summed E-state index contributed by atoms with van der Waals surface area (Å²) in [6.45, 7) is 9.30. The van der Waals surface area contributed by atoms with Crippen molar-refractivity contribution in [2.75, 3.05) is 25.1 Å². The minimum absolute atomic E-state index is 0.370. The third-order valence-corrected chi connectivity index (χ3v) is 4.71. The van der Waals surface area contributed by atoms with Gasteiger partial charge in [0.05, 0.1) is 25.4 Å². The predicted molar refractivity (Wildman–Crippen MR) is 112 cm³/mol. The first-order valence-corrected chi connectivity index (χ1v) is 10.4. The quantitative estimate of drug-likeness (QED) is 0.465. The van der Waals surface area contributed by atoms with Crippen LogP contribution in [0.5, 0.6) is 11.5 Å². The summed E-state index contributed by atoms with van der Waals surface area (Å²) in [5.41, 5.74) is 1.93. The van der Waals surface area contributed by atoms with Crippen LogP contribution in [0.4, 0.5) is 5.95 Å². The minimum atomic E-state index is -0.537. The lowest BCUT2D eigenvalue weighted by molar-refractivity contribution is -0.139. The maximum absolute atomic E-state index is 13.0. The zero-order valence-electron chi connectivity index (χ0n) is 18.0. The molecule has 1 aromatic carbocycles. The Bertz CT molecular complexity index is 909. The molecule has 0 aliphatic carbocycles. The molecule has 1 aromatic heterocycles. The second kappa shape index (κ2) is 10.1. The highest BCUT2D eigenvalue weighted by atomic mass is 16.5. The first kappa shape index (κ1) is 21.6. The van der Waals surface area contributed by atoms with E-state index < -0.39 is 6.04 Å². The van der Waals surface area contributed by atoms with Crippen LogP contribution in [-0.4, -0.2) is 46.0 Å². The molecule has 0 spiro atoms. The van der Waals surface area contributed by atoms with Crippen LogP contribution in [0.2, 0.25) is 0 Å². The highest BCUT2D eigenvalue weighted by Gasteiger charge is 2.35. The highest BCUT2D eigenvalue weighted by Crippen LogP contribution is 2.38. The second-order valence-corrected chi connectivity index (χ2v) is 6.99. The fourth-order valence-corrected chi connectivity index (χ4v) is 3.27. The van der Waals surface area contributed by atoms with Gasteiger partial charge in [0, 0.05) is 5.70 Å². The zero-order chi connectivity index (χ0) is 21.5. The summed E-state index contributed by atoms with van der Waals surface area (Å²) in [7, 11) is 0. The number of ether oxygens (including phenoxy) is 3. The van der Waals surface area contributed by atoms with Crippen molar-refractivity contribution in [3.05, 3.63) is 35.0 Å². The number of tetrazole rings is 1. The number of rotatable bonds is 10. The number of allylic oxidation sites excluding steroid dienone is 1. The number of carbonyl (C=O) groups excluding carboxylic acids is 1. The molecule has 162 valence electrons. The molecule has 1 atom stereocenters. The summed E-state index contributed by atoms with van der Waals surface area (Å²) in [5.74, 6) is 1.37. The average molecular weight is 415 g/mol. The molecule has 0 saturated heterocycles. The van der Waals surface area contributed by atoms with Gasteiger partial charge in [0.2, 0.25) is 5.95 Å². The lowest BCUT2D eigenvalue weighted by Gasteiger charge is -2.28. The Kier molecular flexibility index (Phi) is 7.26. The monoisotopic (exact) mass is 415 g/mol. The minimum Gasteiger partial charge on any atom is -0.490 e. The molecule has 9 heteroatoms. The van der Waals surface area contributed by atoms with E-state index in [2.05, 4.69) is 20.8 Å². The van der Waals surface area contributed by atoms with Gasteiger partial charge in [0.15, 0.2) is 11.5 Å². The maximum atomic E-state index is 13.0. The SMILES string of the molecule is CCCCOC(=O)C1=C(C)Nc2nnnn2C1c1ccc(OCCC)c(OCC)c1. The van der Waals surface area contributed by atoms with Gasteiger partial charge >= 0.3 is 5.97 Å². The van der Waals surface area contributed by atoms with Crippen LogP contribution in [0.15, 0.2) is 29.5 Å². The van der Waals surface area contributed by atoms with E-state index in [4.69, 9.17) is 14.2 Å². The molecule has 0 radical (unpaired) electrons. The number of nitrogens with zero attached hydrogens (tertiary/aromatic N) is 4. The van der Waals surface area contributed by atoms with E-state index in [1.54, 1.807) is 4.68 Å². The van der Waals surface area contributed by atoms with Crippen LogP contribution in [0.25, 0.3) is 0 Å². The maximum Gasteiger partial charge on any atom is 0.338 e. The van der Waals surface area contributed by atoms with Gasteiger partial charge in [-0.15, -0.1) is 0 Å². The molecule has 0 amide bonds. The molecular formula is C21H29N5O4. The Labute approximate surface area is 176 Å². The Balaban J connectivity index is 2.01. The van der Waals surface area contributed by atoms with E-state index in [0.717, 1.165) is 24.8 Å². The Morgan fingerprint density at radius 2 is 1.97 bits per heavy atom. The standard InChI is InChI=1S/C21H29N5O4/c1-5-8-12-30-20(27)18-14(4)22-21-23-24-25-26(21)19(18)15-9-10-16(29-11-6-2)17(13-15)28-7-3/h9-10,13,19H,5-8,11-12H2,1-4H3,(H,22,23,25). The molecule has 1 aliphatic heterocycles. The highest BCUT2D eigenvalue weighted by molar-refractivity contribution is 5.92. The molecule has 30 heavy (non-hydrogen) atoms. The van der Waals surface area contributed by atoms with E-state index in [-0.39, 0.29) is 5.97 Å². The van der Waals surface area contributed by atoms with Crippen molar-refractivity contribution in [1.29, 1.82) is 0 Å². The van der Waals surface area contributed by atoms with Crippen LogP contribution in [0.1, 0.15) is 58.6 Å². The molecule has 2 aromatic rings. The van der Waals surface area contributed by atoms with Gasteiger partial charge in [-0.1, -0.05) is 31.4 Å². The van der Waals surface area contributed by atoms with E-state index in [1.165, 1.54) is 0 Å². The summed E-state index contributed by atoms with van der Waals surface area (Å²) >= 11 is 0. The fourth-order valence-electron chi connectivity index (χ4n) is 3.27. The topological polar surface area (TPSA) is 100 Å². The number of hydrogen-bond acceptors (Lipinski definition) is 8. The number of unbranched alkanes of at least 4 members (excludes halogenated alkanes) is 1. The lowest BCUT2D eigenvalue weighted by atomic mass is 9.95. The summed E-state index contributed by atoms with van der Waals surface area (Å²) in [6, 6.07) is 5.10. The van der Waals surface area contributed by atoms with Gasteiger partial charge < -0.3 is 19.5 Å². The van der Waals surface area contributed by atoms with Gasteiger partial charge in [0.1, 0.15) is 6.04 Å². The number of fused-ring (bicyclic) bond motifs is 1. The molecule has 9 nitrogen and oxygen atoms in total. The van der Waals surface area contributed by atoms with Crippen molar-refractivity contribution >= 4 is 11.9 Å². The number of anilines is 1. The number of hydrogen-bond donors (Lipinski definition) is 1.